The quantitative estimate of drug-likeness (QED) is 0.884. The standard InChI is InChI=1S/C14H17ClN4O/c1-3-8-20-14-18-12(17-13(19-14)16-4-2)10-6-5-7-11(15)9-10/h5-7,9H,3-4,8H2,1-2H3,(H,16,17,18,19). The maximum atomic E-state index is 6.00. The van der Waals surface area contributed by atoms with E-state index in [1.54, 1.807) is 0 Å². The van der Waals surface area contributed by atoms with E-state index in [0.29, 0.717) is 29.4 Å². The molecule has 2 aromatic rings. The molecule has 20 heavy (non-hydrogen) atoms. The summed E-state index contributed by atoms with van der Waals surface area (Å²) >= 11 is 6.00. The Bertz CT molecular complexity index is 577. The van der Waals surface area contributed by atoms with E-state index in [1.165, 1.54) is 0 Å². The molecule has 1 heterocycles. The lowest BCUT2D eigenvalue weighted by Gasteiger charge is -2.08. The van der Waals surface area contributed by atoms with Crippen molar-refractivity contribution in [2.24, 2.45) is 0 Å². The number of hydrogen-bond acceptors (Lipinski definition) is 5. The SMILES string of the molecule is CCCOc1nc(NCC)nc(-c2cccc(Cl)c2)n1. The zero-order valence-electron chi connectivity index (χ0n) is 11.6. The molecule has 1 aromatic carbocycles. The summed E-state index contributed by atoms with van der Waals surface area (Å²) in [7, 11) is 0. The minimum absolute atomic E-state index is 0.327. The van der Waals surface area contributed by atoms with E-state index in [0.717, 1.165) is 18.5 Å². The molecular weight excluding hydrogens is 276 g/mol. The van der Waals surface area contributed by atoms with Gasteiger partial charge in [0.05, 0.1) is 6.61 Å². The highest BCUT2D eigenvalue weighted by Gasteiger charge is 2.09. The van der Waals surface area contributed by atoms with Crippen LogP contribution in [0.3, 0.4) is 0 Å². The van der Waals surface area contributed by atoms with Crippen LogP contribution in [0.25, 0.3) is 11.4 Å². The molecule has 0 bridgehead atoms. The van der Waals surface area contributed by atoms with Crippen molar-refractivity contribution in [3.05, 3.63) is 29.3 Å². The predicted molar refractivity (Wildman–Crippen MR) is 80.2 cm³/mol. The highest BCUT2D eigenvalue weighted by molar-refractivity contribution is 6.30. The first-order valence-electron chi connectivity index (χ1n) is 6.61. The highest BCUT2D eigenvalue weighted by atomic mass is 35.5. The number of hydrogen-bond donors (Lipinski definition) is 1. The highest BCUT2D eigenvalue weighted by Crippen LogP contribution is 2.22. The lowest BCUT2D eigenvalue weighted by atomic mass is 10.2. The Hall–Kier alpha value is -1.88. The minimum atomic E-state index is 0.327. The third-order valence-electron chi connectivity index (χ3n) is 2.47. The molecule has 106 valence electrons. The van der Waals surface area contributed by atoms with Crippen molar-refractivity contribution in [3.63, 3.8) is 0 Å². The topological polar surface area (TPSA) is 59.9 Å². The third kappa shape index (κ3) is 3.81. The molecule has 0 atom stereocenters. The zero-order valence-corrected chi connectivity index (χ0v) is 12.3. The van der Waals surface area contributed by atoms with Gasteiger partial charge in [-0.1, -0.05) is 30.7 Å². The molecule has 0 amide bonds. The van der Waals surface area contributed by atoms with Gasteiger partial charge in [-0.15, -0.1) is 0 Å². The summed E-state index contributed by atoms with van der Waals surface area (Å²) in [6.07, 6.45) is 0.898. The normalized spacial score (nSPS) is 10.3. The van der Waals surface area contributed by atoms with Crippen LogP contribution in [-0.2, 0) is 0 Å². The van der Waals surface area contributed by atoms with Crippen LogP contribution in [0.2, 0.25) is 5.02 Å². The largest absolute Gasteiger partial charge is 0.463 e. The summed E-state index contributed by atoms with van der Waals surface area (Å²) in [5, 5.41) is 3.72. The van der Waals surface area contributed by atoms with Gasteiger partial charge < -0.3 is 10.1 Å². The Morgan fingerprint density at radius 2 is 2.05 bits per heavy atom. The Labute approximate surface area is 123 Å². The van der Waals surface area contributed by atoms with Gasteiger partial charge in [0.25, 0.3) is 0 Å². The van der Waals surface area contributed by atoms with Crippen LogP contribution in [0, 0.1) is 0 Å². The molecule has 0 unspecified atom stereocenters. The van der Waals surface area contributed by atoms with E-state index in [-0.39, 0.29) is 0 Å². The molecule has 0 saturated carbocycles. The van der Waals surface area contributed by atoms with Crippen molar-refractivity contribution in [2.75, 3.05) is 18.5 Å². The van der Waals surface area contributed by atoms with Gasteiger partial charge in [0.15, 0.2) is 5.82 Å². The van der Waals surface area contributed by atoms with Crippen LogP contribution in [-0.4, -0.2) is 28.1 Å². The smallest absolute Gasteiger partial charge is 0.321 e. The number of nitrogens with one attached hydrogen (secondary N) is 1. The fraction of sp³-hybridized carbons (Fsp3) is 0.357. The molecular formula is C14H17ClN4O. The summed E-state index contributed by atoms with van der Waals surface area (Å²) in [6.45, 7) is 5.32. The van der Waals surface area contributed by atoms with E-state index in [4.69, 9.17) is 16.3 Å². The van der Waals surface area contributed by atoms with Gasteiger partial charge in [0.2, 0.25) is 5.95 Å². The lowest BCUT2D eigenvalue weighted by molar-refractivity contribution is 0.292. The van der Waals surface area contributed by atoms with Crippen LogP contribution in [0.4, 0.5) is 5.95 Å². The Balaban J connectivity index is 2.37. The first kappa shape index (κ1) is 14.5. The van der Waals surface area contributed by atoms with Crippen molar-refractivity contribution in [2.45, 2.75) is 20.3 Å². The molecule has 0 aliphatic heterocycles. The van der Waals surface area contributed by atoms with E-state index >= 15 is 0 Å². The number of aromatic nitrogens is 3. The number of ether oxygens (including phenoxy) is 1. The maximum Gasteiger partial charge on any atom is 0.321 e. The van der Waals surface area contributed by atoms with Gasteiger partial charge in [-0.05, 0) is 25.5 Å². The average molecular weight is 293 g/mol. The van der Waals surface area contributed by atoms with E-state index in [2.05, 4.69) is 20.3 Å². The van der Waals surface area contributed by atoms with Gasteiger partial charge in [-0.3, -0.25) is 0 Å². The number of halogens is 1. The van der Waals surface area contributed by atoms with Gasteiger partial charge >= 0.3 is 6.01 Å². The Morgan fingerprint density at radius 1 is 1.20 bits per heavy atom. The van der Waals surface area contributed by atoms with E-state index in [9.17, 15) is 0 Å². The van der Waals surface area contributed by atoms with Crippen molar-refractivity contribution in [1.82, 2.24) is 15.0 Å². The molecule has 0 spiro atoms. The minimum Gasteiger partial charge on any atom is -0.463 e. The second-order valence-electron chi connectivity index (χ2n) is 4.15. The molecule has 1 N–H and O–H groups in total. The Kier molecular flexibility index (Phi) is 5.12. The number of anilines is 1. The fourth-order valence-corrected chi connectivity index (χ4v) is 1.80. The lowest BCUT2D eigenvalue weighted by Crippen LogP contribution is -2.08. The zero-order chi connectivity index (χ0) is 14.4. The van der Waals surface area contributed by atoms with E-state index < -0.39 is 0 Å². The molecule has 2 rings (SSSR count). The fourth-order valence-electron chi connectivity index (χ4n) is 1.61. The molecule has 0 saturated heterocycles. The number of benzene rings is 1. The first-order chi connectivity index (χ1) is 9.72. The molecule has 0 aliphatic carbocycles. The second kappa shape index (κ2) is 7.05. The van der Waals surface area contributed by atoms with Gasteiger partial charge in [0, 0.05) is 17.1 Å². The van der Waals surface area contributed by atoms with Gasteiger partial charge in [-0.2, -0.15) is 15.0 Å². The second-order valence-corrected chi connectivity index (χ2v) is 4.59. The van der Waals surface area contributed by atoms with Crippen molar-refractivity contribution < 1.29 is 4.74 Å². The van der Waals surface area contributed by atoms with Crippen LogP contribution < -0.4 is 10.1 Å². The average Bonchev–Trinajstić information content (AvgIpc) is 2.45. The molecule has 5 nitrogen and oxygen atoms in total. The molecule has 0 fully saturated rings. The predicted octanol–water partition coefficient (Wildman–Crippen LogP) is 3.41. The van der Waals surface area contributed by atoms with Crippen LogP contribution >= 0.6 is 11.6 Å². The molecule has 0 aliphatic rings. The van der Waals surface area contributed by atoms with Crippen LogP contribution in [0.1, 0.15) is 20.3 Å². The van der Waals surface area contributed by atoms with Gasteiger partial charge in [-0.25, -0.2) is 0 Å². The van der Waals surface area contributed by atoms with E-state index in [1.807, 2.05) is 38.1 Å². The van der Waals surface area contributed by atoms with Crippen LogP contribution in [0.15, 0.2) is 24.3 Å². The summed E-state index contributed by atoms with van der Waals surface area (Å²) in [6, 6.07) is 7.72. The van der Waals surface area contributed by atoms with Gasteiger partial charge in [0.1, 0.15) is 0 Å². The monoisotopic (exact) mass is 292 g/mol. The van der Waals surface area contributed by atoms with Crippen molar-refractivity contribution in [3.8, 4) is 17.4 Å². The molecule has 0 radical (unpaired) electrons. The van der Waals surface area contributed by atoms with Crippen molar-refractivity contribution in [1.29, 1.82) is 0 Å². The summed E-state index contributed by atoms with van der Waals surface area (Å²) < 4.78 is 5.50. The Morgan fingerprint density at radius 3 is 2.75 bits per heavy atom. The first-order valence-corrected chi connectivity index (χ1v) is 6.99. The number of rotatable bonds is 6. The molecule has 1 aromatic heterocycles. The summed E-state index contributed by atoms with van der Waals surface area (Å²) in [5.74, 6) is 1.05. The summed E-state index contributed by atoms with van der Waals surface area (Å²) in [4.78, 5) is 12.9. The third-order valence-corrected chi connectivity index (χ3v) is 2.70. The van der Waals surface area contributed by atoms with Crippen molar-refractivity contribution >= 4 is 17.5 Å². The maximum absolute atomic E-state index is 6.00. The number of nitrogens with zero attached hydrogens (tertiary/aromatic N) is 3. The van der Waals surface area contributed by atoms with Crippen LogP contribution in [0.5, 0.6) is 6.01 Å². The summed E-state index contributed by atoms with van der Waals surface area (Å²) in [5.41, 5.74) is 0.834. The molecule has 6 heteroatoms.